The Hall–Kier alpha value is -2.78. The highest BCUT2D eigenvalue weighted by molar-refractivity contribution is 5.94. The molecule has 240 valence electrons. The molecular weight excluding hydrogens is 556 g/mol. The third-order valence-corrected chi connectivity index (χ3v) is 10.5. The lowest BCUT2D eigenvalue weighted by Crippen LogP contribution is -2.49. The Morgan fingerprint density at radius 1 is 1.11 bits per heavy atom. The van der Waals surface area contributed by atoms with Crippen LogP contribution in [-0.4, -0.2) is 72.7 Å². The van der Waals surface area contributed by atoms with E-state index in [1.165, 1.54) is 5.57 Å². The summed E-state index contributed by atoms with van der Waals surface area (Å²) < 4.78 is 18.7. The number of hydrogen-bond acceptors (Lipinski definition) is 6. The topological polar surface area (TPSA) is 113 Å². The van der Waals surface area contributed by atoms with Gasteiger partial charge in [-0.1, -0.05) is 55.0 Å². The van der Waals surface area contributed by atoms with Crippen LogP contribution >= 0.6 is 0 Å². The number of hydrogen-bond donors (Lipinski definition) is 3. The second-order valence-electron chi connectivity index (χ2n) is 13.7. The first-order valence-corrected chi connectivity index (χ1v) is 16.2. The molecule has 10 atom stereocenters. The van der Waals surface area contributed by atoms with Crippen LogP contribution in [0.4, 0.5) is 0 Å². The van der Waals surface area contributed by atoms with E-state index in [2.05, 4.69) is 62.6 Å². The van der Waals surface area contributed by atoms with Crippen molar-refractivity contribution in [2.45, 2.75) is 83.9 Å². The summed E-state index contributed by atoms with van der Waals surface area (Å²) in [4.78, 5) is 24.7. The predicted octanol–water partition coefficient (Wildman–Crippen LogP) is 4.60. The molecule has 4 fully saturated rings. The molecule has 0 bridgehead atoms. The van der Waals surface area contributed by atoms with Gasteiger partial charge in [-0.3, -0.25) is 9.59 Å². The monoisotopic (exact) mass is 606 g/mol. The van der Waals surface area contributed by atoms with Gasteiger partial charge in [-0.15, -0.1) is 0 Å². The average Bonchev–Trinajstić information content (AvgIpc) is 3.90. The third kappa shape index (κ3) is 6.74. The number of rotatable bonds is 13. The Kier molecular flexibility index (Phi) is 9.85. The lowest BCUT2D eigenvalue weighted by atomic mass is 9.55. The maximum Gasteiger partial charge on any atom is 0.251 e. The van der Waals surface area contributed by atoms with E-state index in [1.807, 2.05) is 32.0 Å². The maximum absolute atomic E-state index is 12.5. The minimum atomic E-state index is -0.413. The van der Waals surface area contributed by atoms with Crippen molar-refractivity contribution in [3.8, 4) is 0 Å². The van der Waals surface area contributed by atoms with Crippen LogP contribution < -0.4 is 10.6 Å². The highest BCUT2D eigenvalue weighted by Crippen LogP contribution is 2.67. The molecule has 0 spiro atoms. The molecule has 44 heavy (non-hydrogen) atoms. The van der Waals surface area contributed by atoms with E-state index < -0.39 is 6.10 Å². The first-order valence-electron chi connectivity index (χ1n) is 16.2. The van der Waals surface area contributed by atoms with Crippen LogP contribution in [0.2, 0.25) is 0 Å². The molecule has 2 aliphatic carbocycles. The van der Waals surface area contributed by atoms with Crippen LogP contribution in [-0.2, 0) is 19.0 Å². The Balaban J connectivity index is 1.19. The van der Waals surface area contributed by atoms with Crippen LogP contribution in [0.25, 0.3) is 0 Å². The Morgan fingerprint density at radius 3 is 2.55 bits per heavy atom. The molecule has 8 nitrogen and oxygen atoms in total. The van der Waals surface area contributed by atoms with Crippen molar-refractivity contribution < 1.29 is 28.9 Å². The smallest absolute Gasteiger partial charge is 0.251 e. The van der Waals surface area contributed by atoms with Crippen LogP contribution in [0.5, 0.6) is 0 Å². The summed E-state index contributed by atoms with van der Waals surface area (Å²) in [5.74, 6) is 1.02. The minimum absolute atomic E-state index is 0.0225. The van der Waals surface area contributed by atoms with Gasteiger partial charge >= 0.3 is 0 Å². The summed E-state index contributed by atoms with van der Waals surface area (Å²) in [7, 11) is 0. The SMILES string of the molecule is C/C=C(\C)[C@H]1[C@@H](/C=C/C=C(\C)[C@@H](OCC(=O)NCCNC(=O)c2ccccc2)[C@@H](C)CO)[C@@H]2C[C@@H]3O[C@]3(C)C[C@H]2[C@@H]2O[C@@]21C. The number of carbonyl (C=O) groups excluding carboxylic acids is 2. The Bertz CT molecular complexity index is 1290. The number of fused-ring (bicyclic) bond motifs is 4. The summed E-state index contributed by atoms with van der Waals surface area (Å²) in [5, 5.41) is 15.5. The molecule has 4 aliphatic rings. The van der Waals surface area contributed by atoms with Gasteiger partial charge in [-0.2, -0.15) is 0 Å². The molecule has 0 unspecified atom stereocenters. The largest absolute Gasteiger partial charge is 0.396 e. The van der Waals surface area contributed by atoms with Gasteiger partial charge in [0.05, 0.1) is 29.5 Å². The van der Waals surface area contributed by atoms with Crippen molar-refractivity contribution >= 4 is 11.8 Å². The first kappa shape index (κ1) is 32.6. The average molecular weight is 607 g/mol. The van der Waals surface area contributed by atoms with E-state index in [4.69, 9.17) is 14.2 Å². The predicted molar refractivity (Wildman–Crippen MR) is 170 cm³/mol. The van der Waals surface area contributed by atoms with Gasteiger partial charge in [-0.25, -0.2) is 0 Å². The van der Waals surface area contributed by atoms with Crippen molar-refractivity contribution in [3.05, 3.63) is 71.3 Å². The number of aliphatic hydroxyl groups excluding tert-OH is 1. The zero-order chi connectivity index (χ0) is 31.6. The fourth-order valence-corrected chi connectivity index (χ4v) is 7.96. The highest BCUT2D eigenvalue weighted by atomic mass is 16.6. The number of nitrogens with one attached hydrogen (secondary N) is 2. The molecule has 2 heterocycles. The standard InChI is InChI=1S/C36H50N2O6/c1-7-22(2)31-26(27-18-29-35(5,43-29)19-28(27)33-36(31,6)44-33)15-11-12-23(3)32(24(4)20-39)42-21-30(40)37-16-17-38-34(41)25-13-9-8-10-14-25/h7-15,24,26-29,31-33,39H,16-21H2,1-6H3,(H,37,40)(H,38,41)/b15-11+,22-7+,23-12+/t24-,26-,27-,28+,29-,31-,32+,33-,35+,36+/m0/s1. The Morgan fingerprint density at radius 2 is 1.84 bits per heavy atom. The van der Waals surface area contributed by atoms with E-state index in [0.29, 0.717) is 54.5 Å². The zero-order valence-electron chi connectivity index (χ0n) is 27.0. The fourth-order valence-electron chi connectivity index (χ4n) is 7.96. The van der Waals surface area contributed by atoms with Crippen molar-refractivity contribution in [1.82, 2.24) is 10.6 Å². The third-order valence-electron chi connectivity index (χ3n) is 10.5. The van der Waals surface area contributed by atoms with E-state index >= 15 is 0 Å². The summed E-state index contributed by atoms with van der Waals surface area (Å²) >= 11 is 0. The van der Waals surface area contributed by atoms with Gasteiger partial charge < -0.3 is 30.0 Å². The lowest BCUT2D eigenvalue weighted by Gasteiger charge is -2.45. The van der Waals surface area contributed by atoms with E-state index in [9.17, 15) is 14.7 Å². The molecule has 5 rings (SSSR count). The van der Waals surface area contributed by atoms with E-state index in [0.717, 1.165) is 18.4 Å². The van der Waals surface area contributed by atoms with Gasteiger partial charge in [0, 0.05) is 37.1 Å². The number of allylic oxidation sites excluding steroid dienone is 4. The van der Waals surface area contributed by atoms with Gasteiger partial charge in [0.2, 0.25) is 5.91 Å². The number of aliphatic hydroxyl groups is 1. The molecule has 0 aromatic heterocycles. The number of amides is 2. The Labute approximate surface area is 262 Å². The second kappa shape index (κ2) is 13.3. The van der Waals surface area contributed by atoms with Crippen molar-refractivity contribution in [3.63, 3.8) is 0 Å². The zero-order valence-corrected chi connectivity index (χ0v) is 27.0. The fraction of sp³-hybridized carbons (Fsp3) is 0.611. The molecule has 1 aromatic rings. The van der Waals surface area contributed by atoms with Gasteiger partial charge in [0.25, 0.3) is 5.91 Å². The molecular formula is C36H50N2O6. The van der Waals surface area contributed by atoms with Crippen molar-refractivity contribution in [2.75, 3.05) is 26.3 Å². The van der Waals surface area contributed by atoms with Crippen molar-refractivity contribution in [2.24, 2.45) is 29.6 Å². The maximum atomic E-state index is 12.5. The number of ether oxygens (including phenoxy) is 3. The van der Waals surface area contributed by atoms with Crippen molar-refractivity contribution in [1.29, 1.82) is 0 Å². The van der Waals surface area contributed by atoms with Gasteiger partial charge in [-0.05, 0) is 82.9 Å². The molecule has 0 radical (unpaired) electrons. The first-order chi connectivity index (χ1) is 21.0. The molecule has 1 aromatic carbocycles. The minimum Gasteiger partial charge on any atom is -0.396 e. The molecule has 2 saturated heterocycles. The molecule has 2 aliphatic heterocycles. The summed E-state index contributed by atoms with van der Waals surface area (Å²) in [6.07, 6.45) is 11.1. The van der Waals surface area contributed by atoms with Gasteiger partial charge in [0.1, 0.15) is 6.61 Å². The quantitative estimate of drug-likeness (QED) is 0.131. The molecule has 3 N–H and O–H groups in total. The van der Waals surface area contributed by atoms with Gasteiger partial charge in [0.15, 0.2) is 0 Å². The van der Waals surface area contributed by atoms with Crippen LogP contribution in [0, 0.1) is 29.6 Å². The lowest BCUT2D eigenvalue weighted by molar-refractivity contribution is -0.128. The molecule has 2 amide bonds. The highest BCUT2D eigenvalue weighted by Gasteiger charge is 2.72. The molecule has 8 heteroatoms. The van der Waals surface area contributed by atoms with E-state index in [-0.39, 0.29) is 42.1 Å². The van der Waals surface area contributed by atoms with Crippen LogP contribution in [0.15, 0.2) is 65.8 Å². The van der Waals surface area contributed by atoms with Crippen LogP contribution in [0.3, 0.4) is 0 Å². The summed E-state index contributed by atoms with van der Waals surface area (Å²) in [6.45, 7) is 13.2. The summed E-state index contributed by atoms with van der Waals surface area (Å²) in [5.41, 5.74) is 2.78. The normalized spacial score (nSPS) is 35.6. The number of epoxide rings is 2. The van der Waals surface area contributed by atoms with E-state index in [1.54, 1.807) is 12.1 Å². The molecule has 2 saturated carbocycles. The number of carbonyl (C=O) groups is 2. The van der Waals surface area contributed by atoms with Crippen LogP contribution in [0.1, 0.15) is 64.7 Å². The second-order valence-corrected chi connectivity index (χ2v) is 13.7. The number of benzene rings is 1. The summed E-state index contributed by atoms with van der Waals surface area (Å²) in [6, 6.07) is 8.96.